The first-order valence-corrected chi connectivity index (χ1v) is 15.6. The van der Waals surface area contributed by atoms with Crippen LogP contribution in [0.3, 0.4) is 0 Å². The molecule has 0 unspecified atom stereocenters. The number of hydrogen-bond acceptors (Lipinski definition) is 8. The van der Waals surface area contributed by atoms with Crippen LogP contribution in [0.1, 0.15) is 80.1 Å². The quantitative estimate of drug-likeness (QED) is 0.121. The van der Waals surface area contributed by atoms with E-state index in [0.29, 0.717) is 13.0 Å². The first-order chi connectivity index (χ1) is 16.2. The van der Waals surface area contributed by atoms with Gasteiger partial charge in [-0.1, -0.05) is 54.5 Å². The SMILES string of the molecule is CCCN(CCC)C(=S)[S-].CCCN(CCC)C(=S)[S-].CCCN(CCC)C(=S)[S-].O=S(=O)(O)O.[Mo+3]. The van der Waals surface area contributed by atoms with Gasteiger partial charge in [-0.3, -0.25) is 9.11 Å². The Bertz CT molecular complexity index is 557. The van der Waals surface area contributed by atoms with Crippen LogP contribution in [0.15, 0.2) is 0 Å². The molecule has 7 nitrogen and oxygen atoms in total. The molecule has 1 radical (unpaired) electrons. The van der Waals surface area contributed by atoms with Crippen LogP contribution in [-0.2, 0) is 69.4 Å². The molecule has 0 bridgehead atoms. The zero-order chi connectivity index (χ0) is 28.4. The standard InChI is InChI=1S/3C7H15NS2.Mo.H2O4S/c3*1-3-5-8(6-4-2)7(9)10;;1-5(2,3)4/h3*3-6H2,1-2H3,(H,9,10);;(H2,1,2,3,4)/q;;;+3;/p-3. The largest absolute Gasteiger partial charge is 3.00 e. The molecule has 0 aromatic carbocycles. The molecule has 0 aromatic heterocycles. The van der Waals surface area contributed by atoms with Gasteiger partial charge < -0.3 is 89.2 Å². The van der Waals surface area contributed by atoms with Crippen molar-refractivity contribution in [3.8, 4) is 0 Å². The normalized spacial score (nSPS) is 9.44. The molecule has 0 heterocycles. The van der Waals surface area contributed by atoms with Gasteiger partial charge in [0.2, 0.25) is 0 Å². The summed E-state index contributed by atoms with van der Waals surface area (Å²) in [6, 6.07) is 0. The van der Waals surface area contributed by atoms with Crippen molar-refractivity contribution in [1.82, 2.24) is 14.7 Å². The number of nitrogens with zero attached hydrogens (tertiary/aromatic N) is 3. The van der Waals surface area contributed by atoms with Crippen molar-refractivity contribution >= 4 is 97.9 Å². The zero-order valence-corrected chi connectivity index (χ0v) is 30.0. The zero-order valence-electron chi connectivity index (χ0n) is 22.3. The van der Waals surface area contributed by atoms with Gasteiger partial charge in [0.15, 0.2) is 0 Å². The van der Waals surface area contributed by atoms with E-state index < -0.39 is 10.4 Å². The molecule has 0 saturated heterocycles. The number of rotatable bonds is 12. The van der Waals surface area contributed by atoms with Crippen LogP contribution in [-0.4, -0.2) is 84.5 Å². The second kappa shape index (κ2) is 32.1. The Morgan fingerprint density at radius 3 is 0.722 bits per heavy atom. The van der Waals surface area contributed by atoms with Gasteiger partial charge in [0.1, 0.15) is 0 Å². The fourth-order valence-corrected chi connectivity index (χ4v) is 3.60. The molecule has 215 valence electrons. The summed E-state index contributed by atoms with van der Waals surface area (Å²) in [5.74, 6) is 0. The van der Waals surface area contributed by atoms with E-state index >= 15 is 0 Å². The first kappa shape index (κ1) is 46.7. The third kappa shape index (κ3) is 42.0. The molecule has 0 aliphatic carbocycles. The smallest absolute Gasteiger partial charge is 0.411 e. The van der Waals surface area contributed by atoms with Gasteiger partial charge in [0.05, 0.1) is 0 Å². The van der Waals surface area contributed by atoms with Crippen molar-refractivity contribution in [2.75, 3.05) is 39.3 Å². The van der Waals surface area contributed by atoms with E-state index in [2.05, 4.69) is 56.2 Å². The van der Waals surface area contributed by atoms with Crippen molar-refractivity contribution in [2.45, 2.75) is 80.1 Å². The predicted molar refractivity (Wildman–Crippen MR) is 171 cm³/mol. The van der Waals surface area contributed by atoms with Crippen LogP contribution >= 0.6 is 36.7 Å². The van der Waals surface area contributed by atoms with Crippen molar-refractivity contribution in [1.29, 1.82) is 0 Å². The van der Waals surface area contributed by atoms with Crippen LogP contribution in [0.5, 0.6) is 0 Å². The average molecular weight is 723 g/mol. The Morgan fingerprint density at radius 1 is 0.556 bits per heavy atom. The van der Waals surface area contributed by atoms with E-state index in [9.17, 15) is 0 Å². The molecule has 0 atom stereocenters. The summed E-state index contributed by atoms with van der Waals surface area (Å²) in [6.07, 6.45) is 6.73. The van der Waals surface area contributed by atoms with Gasteiger partial charge in [-0.05, 0) is 38.5 Å². The molecule has 0 fully saturated rings. The third-order valence-corrected chi connectivity index (χ3v) is 5.28. The molecule has 0 rings (SSSR count). The fourth-order valence-electron chi connectivity index (χ4n) is 2.50. The van der Waals surface area contributed by atoms with Crippen LogP contribution in [0.4, 0.5) is 0 Å². The average Bonchev–Trinajstić information content (AvgIpc) is 2.73. The van der Waals surface area contributed by atoms with Crippen LogP contribution < -0.4 is 0 Å². The predicted octanol–water partition coefficient (Wildman–Crippen LogP) is 5.17. The maximum Gasteiger partial charge on any atom is 3.00 e. The number of thiocarbonyl (C=S) groups is 3. The molecular weight excluding hydrogens is 679 g/mol. The molecule has 15 heteroatoms. The molecular formula is C21H44MoN3O4S7. The second-order valence-electron chi connectivity index (χ2n) is 7.21. The third-order valence-electron chi connectivity index (χ3n) is 3.74. The van der Waals surface area contributed by atoms with Gasteiger partial charge in [-0.15, -0.1) is 0 Å². The molecule has 0 aromatic rings. The van der Waals surface area contributed by atoms with Gasteiger partial charge in [-0.25, -0.2) is 0 Å². The van der Waals surface area contributed by atoms with E-state index in [0.717, 1.165) is 77.8 Å². The summed E-state index contributed by atoms with van der Waals surface area (Å²) < 4.78 is 33.4. The molecule has 0 amide bonds. The maximum absolute atomic E-state index is 8.74. The van der Waals surface area contributed by atoms with Crippen LogP contribution in [0.25, 0.3) is 0 Å². The molecule has 0 aliphatic rings. The molecule has 0 spiro atoms. The maximum atomic E-state index is 8.74. The van der Waals surface area contributed by atoms with E-state index in [-0.39, 0.29) is 21.1 Å². The fraction of sp³-hybridized carbons (Fsp3) is 0.857. The topological polar surface area (TPSA) is 84.3 Å². The summed E-state index contributed by atoms with van der Waals surface area (Å²) in [4.78, 5) is 6.22. The Labute approximate surface area is 268 Å². The Hall–Kier alpha value is 0.888. The van der Waals surface area contributed by atoms with E-state index in [1.165, 1.54) is 0 Å². The summed E-state index contributed by atoms with van der Waals surface area (Å²) in [5, 5.41) is 0. The number of hydrogen-bond donors (Lipinski definition) is 2. The van der Waals surface area contributed by atoms with E-state index in [1.54, 1.807) is 0 Å². The van der Waals surface area contributed by atoms with Crippen LogP contribution in [0.2, 0.25) is 0 Å². The van der Waals surface area contributed by atoms with Gasteiger partial charge >= 0.3 is 31.5 Å². The first-order valence-electron chi connectivity index (χ1n) is 11.7. The molecule has 2 N–H and O–H groups in total. The van der Waals surface area contributed by atoms with E-state index in [1.807, 2.05) is 0 Å². The van der Waals surface area contributed by atoms with Crippen LogP contribution in [0, 0.1) is 0 Å². The minimum atomic E-state index is -4.67. The van der Waals surface area contributed by atoms with Crippen molar-refractivity contribution in [3.05, 3.63) is 0 Å². The van der Waals surface area contributed by atoms with E-state index in [4.69, 9.17) is 92.1 Å². The van der Waals surface area contributed by atoms with Gasteiger partial charge in [0.25, 0.3) is 0 Å². The second-order valence-corrected chi connectivity index (χ2v) is 11.2. The molecule has 0 saturated carbocycles. The Kier molecular flexibility index (Phi) is 41.7. The summed E-state index contributed by atoms with van der Waals surface area (Å²) in [6.45, 7) is 18.9. The van der Waals surface area contributed by atoms with Gasteiger partial charge in [-0.2, -0.15) is 8.42 Å². The Balaban J connectivity index is -0.000000121. The van der Waals surface area contributed by atoms with Crippen molar-refractivity contribution in [3.63, 3.8) is 0 Å². The minimum absolute atomic E-state index is 0. The van der Waals surface area contributed by atoms with Crippen molar-refractivity contribution in [2.24, 2.45) is 0 Å². The van der Waals surface area contributed by atoms with Gasteiger partial charge in [0, 0.05) is 39.3 Å². The van der Waals surface area contributed by atoms with Crippen molar-refractivity contribution < 1.29 is 38.6 Å². The summed E-state index contributed by atoms with van der Waals surface area (Å²) >= 11 is 29.3. The Morgan fingerprint density at radius 2 is 0.667 bits per heavy atom. The summed E-state index contributed by atoms with van der Waals surface area (Å²) in [7, 11) is -4.67. The summed E-state index contributed by atoms with van der Waals surface area (Å²) in [5.41, 5.74) is 0. The molecule has 0 aliphatic heterocycles. The monoisotopic (exact) mass is 724 g/mol. The minimum Gasteiger partial charge on any atom is -0.411 e. The molecule has 36 heavy (non-hydrogen) atoms.